The number of nitrogens with zero attached hydrogens (tertiary/aromatic N) is 2. The summed E-state index contributed by atoms with van der Waals surface area (Å²) in [6, 6.07) is 9.50. The Morgan fingerprint density at radius 3 is 2.52 bits per heavy atom. The van der Waals surface area contributed by atoms with Gasteiger partial charge in [0.05, 0.1) is 6.54 Å². The first-order valence-electron chi connectivity index (χ1n) is 10.3. The van der Waals surface area contributed by atoms with Crippen LogP contribution in [0.5, 0.6) is 0 Å². The molecule has 0 aliphatic carbocycles. The normalized spacial score (nSPS) is 13.0. The molecular weight excluding hydrogens is 458 g/mol. The molecule has 1 aromatic carbocycles. The third kappa shape index (κ3) is 5.58. The largest absolute Gasteiger partial charge is 0.481 e. The van der Waals surface area contributed by atoms with Crippen LogP contribution in [0.25, 0.3) is 0 Å². The average molecular weight is 488 g/mol. The van der Waals surface area contributed by atoms with E-state index in [0.717, 1.165) is 28.8 Å². The number of aromatic nitrogens is 1. The smallest absolute Gasteiger partial charge is 0.303 e. The van der Waals surface area contributed by atoms with Gasteiger partial charge in [-0.15, -0.1) is 17.0 Å². The van der Waals surface area contributed by atoms with Gasteiger partial charge in [0.25, 0.3) is 0 Å². The molecule has 0 radical (unpaired) electrons. The predicted molar refractivity (Wildman–Crippen MR) is 127 cm³/mol. The Kier molecular flexibility index (Phi) is 7.76. The van der Waals surface area contributed by atoms with Crippen LogP contribution in [0.2, 0.25) is 0 Å². The molecule has 1 aliphatic heterocycles. The molecule has 3 rings (SSSR count). The van der Waals surface area contributed by atoms with Crippen molar-refractivity contribution in [3.05, 3.63) is 64.0 Å². The van der Waals surface area contributed by atoms with Crippen LogP contribution in [-0.4, -0.2) is 39.1 Å². The van der Waals surface area contributed by atoms with E-state index in [0.29, 0.717) is 30.1 Å². The van der Waals surface area contributed by atoms with Crippen molar-refractivity contribution in [3.8, 4) is 0 Å². The van der Waals surface area contributed by atoms with E-state index in [1.54, 1.807) is 11.0 Å². The molecule has 2 heterocycles. The number of rotatable bonds is 7. The van der Waals surface area contributed by atoms with Gasteiger partial charge in [0, 0.05) is 29.8 Å². The van der Waals surface area contributed by atoms with Gasteiger partial charge in [-0.1, -0.05) is 45.9 Å². The fourth-order valence-electron chi connectivity index (χ4n) is 3.80. The molecule has 2 aromatic rings. The van der Waals surface area contributed by atoms with Crippen molar-refractivity contribution >= 4 is 34.6 Å². The Morgan fingerprint density at radius 1 is 1.19 bits per heavy atom. The maximum atomic E-state index is 13.0. The minimum Gasteiger partial charge on any atom is -0.481 e. The number of aryl methyl sites for hydroxylation is 2. The van der Waals surface area contributed by atoms with Gasteiger partial charge in [0.2, 0.25) is 0 Å². The second-order valence-electron chi connectivity index (χ2n) is 8.81. The maximum absolute atomic E-state index is 13.0. The Morgan fingerprint density at radius 2 is 1.90 bits per heavy atom. The first kappa shape index (κ1) is 24.7. The van der Waals surface area contributed by atoms with Crippen LogP contribution < -0.4 is 0 Å². The topological polar surface area (TPSA) is 94.4 Å². The van der Waals surface area contributed by atoms with E-state index in [1.165, 1.54) is 0 Å². The van der Waals surface area contributed by atoms with Gasteiger partial charge < -0.3 is 10.0 Å². The highest BCUT2D eigenvalue weighted by atomic mass is 79.9. The van der Waals surface area contributed by atoms with E-state index >= 15 is 0 Å². The Balaban J connectivity index is 0.00000341. The fraction of sp³-hybridized carbons (Fsp3) is 0.417. The van der Waals surface area contributed by atoms with Crippen LogP contribution in [0, 0.1) is 5.41 Å². The van der Waals surface area contributed by atoms with Crippen LogP contribution in [0.15, 0.2) is 30.3 Å². The van der Waals surface area contributed by atoms with Crippen molar-refractivity contribution in [1.82, 2.24) is 9.88 Å². The summed E-state index contributed by atoms with van der Waals surface area (Å²) in [6.07, 6.45) is 1.31. The molecule has 0 saturated carbocycles. The monoisotopic (exact) mass is 487 g/mol. The standard InChI is InChI=1S/C24H29N3O3.BrH/c1-5-18-10-8-17-13-27(23(25)22(17)26-18)14-20(28)16-7-6-15(9-11-21(29)30)19(12-16)24(2,3)4;/h6-8,10,12,25H,5,9,11,13-14H2,1-4H3,(H,29,30);1H. The van der Waals surface area contributed by atoms with Crippen LogP contribution in [0.4, 0.5) is 0 Å². The highest BCUT2D eigenvalue weighted by molar-refractivity contribution is 8.93. The first-order chi connectivity index (χ1) is 14.1. The lowest BCUT2D eigenvalue weighted by molar-refractivity contribution is -0.136. The van der Waals surface area contributed by atoms with Crippen molar-refractivity contribution < 1.29 is 14.7 Å². The summed E-state index contributed by atoms with van der Waals surface area (Å²) in [4.78, 5) is 30.3. The summed E-state index contributed by atoms with van der Waals surface area (Å²) in [5.74, 6) is -0.594. The molecule has 2 N–H and O–H groups in total. The van der Waals surface area contributed by atoms with Crippen molar-refractivity contribution in [2.45, 2.75) is 58.9 Å². The molecule has 0 unspecified atom stereocenters. The lowest BCUT2D eigenvalue weighted by Crippen LogP contribution is -2.30. The molecule has 1 aliphatic rings. The summed E-state index contributed by atoms with van der Waals surface area (Å²) in [6.45, 7) is 8.84. The van der Waals surface area contributed by atoms with Crippen molar-refractivity contribution in [2.24, 2.45) is 0 Å². The van der Waals surface area contributed by atoms with Crippen molar-refractivity contribution in [2.75, 3.05) is 6.54 Å². The number of hydrogen-bond donors (Lipinski definition) is 2. The molecule has 0 spiro atoms. The number of pyridine rings is 1. The van der Waals surface area contributed by atoms with Gasteiger partial charge in [0.15, 0.2) is 5.78 Å². The highest BCUT2D eigenvalue weighted by Gasteiger charge is 2.28. The Labute approximate surface area is 194 Å². The quantitative estimate of drug-likeness (QED) is 0.558. The lowest BCUT2D eigenvalue weighted by atomic mass is 9.81. The summed E-state index contributed by atoms with van der Waals surface area (Å²) in [7, 11) is 0. The molecule has 0 saturated heterocycles. The summed E-state index contributed by atoms with van der Waals surface area (Å²) < 4.78 is 0. The molecule has 0 fully saturated rings. The number of carbonyl (C=O) groups is 2. The lowest BCUT2D eigenvalue weighted by Gasteiger charge is -2.24. The maximum Gasteiger partial charge on any atom is 0.303 e. The zero-order valence-corrected chi connectivity index (χ0v) is 20.2. The number of carbonyl (C=O) groups excluding carboxylic acids is 1. The number of halogens is 1. The minimum absolute atomic E-state index is 0. The van der Waals surface area contributed by atoms with E-state index < -0.39 is 5.97 Å². The molecule has 166 valence electrons. The highest BCUT2D eigenvalue weighted by Crippen LogP contribution is 2.29. The van der Waals surface area contributed by atoms with E-state index in [-0.39, 0.29) is 41.1 Å². The predicted octanol–water partition coefficient (Wildman–Crippen LogP) is 4.56. The van der Waals surface area contributed by atoms with Gasteiger partial charge in [-0.3, -0.25) is 15.0 Å². The number of hydrogen-bond acceptors (Lipinski definition) is 4. The second kappa shape index (κ2) is 9.73. The summed E-state index contributed by atoms with van der Waals surface area (Å²) in [5, 5.41) is 17.5. The van der Waals surface area contributed by atoms with Gasteiger partial charge >= 0.3 is 5.97 Å². The molecule has 0 bridgehead atoms. The van der Waals surface area contributed by atoms with E-state index in [9.17, 15) is 9.59 Å². The number of carboxylic acid groups (broad SMARTS) is 1. The van der Waals surface area contributed by atoms with Gasteiger partial charge in [-0.05, 0) is 41.5 Å². The third-order valence-corrected chi connectivity index (χ3v) is 5.48. The van der Waals surface area contributed by atoms with Crippen LogP contribution in [-0.2, 0) is 29.6 Å². The number of carboxylic acids is 1. The van der Waals surface area contributed by atoms with Gasteiger partial charge in [-0.2, -0.15) is 0 Å². The SMILES string of the molecule is Br.CCc1ccc2c(n1)C(=N)N(CC(=O)c1ccc(CCC(=O)O)c(C(C)(C)C)c1)C2. The van der Waals surface area contributed by atoms with Gasteiger partial charge in [-0.25, -0.2) is 4.98 Å². The Bertz CT molecular complexity index is 1010. The van der Waals surface area contributed by atoms with Crippen LogP contribution in [0.1, 0.15) is 72.6 Å². The summed E-state index contributed by atoms with van der Waals surface area (Å²) >= 11 is 0. The number of amidine groups is 1. The zero-order valence-electron chi connectivity index (χ0n) is 18.5. The van der Waals surface area contributed by atoms with Gasteiger partial charge in [0.1, 0.15) is 11.5 Å². The van der Waals surface area contributed by atoms with E-state index in [4.69, 9.17) is 10.5 Å². The molecule has 0 amide bonds. The minimum atomic E-state index is -0.832. The molecule has 1 aromatic heterocycles. The number of aliphatic carboxylic acids is 1. The van der Waals surface area contributed by atoms with E-state index in [1.807, 2.05) is 31.2 Å². The Hall–Kier alpha value is -2.54. The third-order valence-electron chi connectivity index (χ3n) is 5.48. The number of benzene rings is 1. The number of Topliss-reactive ketones (excluding diaryl/α,β-unsaturated/α-hetero) is 1. The van der Waals surface area contributed by atoms with Crippen molar-refractivity contribution in [1.29, 1.82) is 5.41 Å². The molecule has 6 nitrogen and oxygen atoms in total. The second-order valence-corrected chi connectivity index (χ2v) is 8.81. The number of ketones is 1. The first-order valence-corrected chi connectivity index (χ1v) is 10.3. The molecule has 31 heavy (non-hydrogen) atoms. The summed E-state index contributed by atoms with van der Waals surface area (Å²) in [5.41, 5.74) is 4.92. The zero-order chi connectivity index (χ0) is 22.1. The van der Waals surface area contributed by atoms with Crippen LogP contribution >= 0.6 is 17.0 Å². The fourth-order valence-corrected chi connectivity index (χ4v) is 3.80. The molecular formula is C24H30BrN3O3. The van der Waals surface area contributed by atoms with E-state index in [2.05, 4.69) is 25.8 Å². The van der Waals surface area contributed by atoms with Crippen molar-refractivity contribution in [3.63, 3.8) is 0 Å². The number of fused-ring (bicyclic) bond motifs is 1. The molecule has 0 atom stereocenters. The molecule has 7 heteroatoms. The number of nitrogens with one attached hydrogen (secondary N) is 1. The average Bonchev–Trinajstić information content (AvgIpc) is 3.00. The van der Waals surface area contributed by atoms with Crippen LogP contribution in [0.3, 0.4) is 0 Å².